The SMILES string of the molecule is CC(C)COCCCNC(=O)C1(N)CCCC(C)C1. The Kier molecular flexibility index (Phi) is 6.80. The van der Waals surface area contributed by atoms with Gasteiger partial charge in [-0.3, -0.25) is 4.79 Å². The molecule has 1 rings (SSSR count). The Labute approximate surface area is 117 Å². The third-order valence-corrected chi connectivity index (χ3v) is 3.69. The van der Waals surface area contributed by atoms with E-state index in [9.17, 15) is 4.79 Å². The predicted octanol–water partition coefficient (Wildman–Crippen LogP) is 2.07. The lowest BCUT2D eigenvalue weighted by Gasteiger charge is -2.35. The van der Waals surface area contributed by atoms with E-state index in [2.05, 4.69) is 26.1 Å². The second-order valence-electron chi connectivity index (χ2n) is 6.44. The minimum Gasteiger partial charge on any atom is -0.381 e. The lowest BCUT2D eigenvalue weighted by molar-refractivity contribution is -0.128. The number of amides is 1. The van der Waals surface area contributed by atoms with Gasteiger partial charge in [-0.05, 0) is 31.1 Å². The monoisotopic (exact) mass is 270 g/mol. The van der Waals surface area contributed by atoms with Crippen LogP contribution in [0.15, 0.2) is 0 Å². The molecule has 1 saturated carbocycles. The van der Waals surface area contributed by atoms with Crippen LogP contribution in [0.25, 0.3) is 0 Å². The zero-order valence-electron chi connectivity index (χ0n) is 12.7. The molecule has 2 unspecified atom stereocenters. The van der Waals surface area contributed by atoms with Gasteiger partial charge in [-0.15, -0.1) is 0 Å². The molecule has 0 saturated heterocycles. The molecule has 0 aromatic carbocycles. The molecule has 1 amide bonds. The Morgan fingerprint density at radius 3 is 2.89 bits per heavy atom. The molecule has 0 aromatic rings. The van der Waals surface area contributed by atoms with Gasteiger partial charge in [0.1, 0.15) is 0 Å². The maximum Gasteiger partial charge on any atom is 0.240 e. The summed E-state index contributed by atoms with van der Waals surface area (Å²) in [6.07, 6.45) is 4.72. The molecule has 4 nitrogen and oxygen atoms in total. The number of carbonyl (C=O) groups is 1. The molecule has 0 aromatic heterocycles. The van der Waals surface area contributed by atoms with Crippen molar-refractivity contribution in [3.05, 3.63) is 0 Å². The van der Waals surface area contributed by atoms with Crippen LogP contribution in [-0.2, 0) is 9.53 Å². The van der Waals surface area contributed by atoms with Crippen molar-refractivity contribution >= 4 is 5.91 Å². The zero-order chi connectivity index (χ0) is 14.3. The van der Waals surface area contributed by atoms with Gasteiger partial charge in [0.25, 0.3) is 0 Å². The number of carbonyl (C=O) groups excluding carboxylic acids is 1. The van der Waals surface area contributed by atoms with Crippen LogP contribution >= 0.6 is 0 Å². The highest BCUT2D eigenvalue weighted by molar-refractivity contribution is 5.86. The minimum atomic E-state index is -0.642. The first-order valence-electron chi connectivity index (χ1n) is 7.59. The van der Waals surface area contributed by atoms with Gasteiger partial charge in [-0.1, -0.05) is 33.6 Å². The van der Waals surface area contributed by atoms with Gasteiger partial charge in [0.05, 0.1) is 5.54 Å². The smallest absolute Gasteiger partial charge is 0.240 e. The molecule has 2 atom stereocenters. The highest BCUT2D eigenvalue weighted by atomic mass is 16.5. The molecule has 4 heteroatoms. The van der Waals surface area contributed by atoms with Gasteiger partial charge >= 0.3 is 0 Å². The van der Waals surface area contributed by atoms with Crippen molar-refractivity contribution in [2.75, 3.05) is 19.8 Å². The van der Waals surface area contributed by atoms with Gasteiger partial charge in [-0.25, -0.2) is 0 Å². The summed E-state index contributed by atoms with van der Waals surface area (Å²) in [7, 11) is 0. The van der Waals surface area contributed by atoms with E-state index in [0.717, 1.165) is 32.3 Å². The van der Waals surface area contributed by atoms with Gasteiger partial charge in [0, 0.05) is 19.8 Å². The summed E-state index contributed by atoms with van der Waals surface area (Å²) in [5.74, 6) is 1.13. The summed E-state index contributed by atoms with van der Waals surface area (Å²) in [5.41, 5.74) is 5.59. The van der Waals surface area contributed by atoms with E-state index in [4.69, 9.17) is 10.5 Å². The molecule has 1 aliphatic carbocycles. The molecule has 19 heavy (non-hydrogen) atoms. The number of ether oxygens (including phenoxy) is 1. The van der Waals surface area contributed by atoms with Gasteiger partial charge in [0.15, 0.2) is 0 Å². The van der Waals surface area contributed by atoms with Crippen LogP contribution in [0.1, 0.15) is 52.9 Å². The van der Waals surface area contributed by atoms with E-state index in [0.29, 0.717) is 25.0 Å². The highest BCUT2D eigenvalue weighted by Crippen LogP contribution is 2.30. The molecule has 112 valence electrons. The molecule has 0 spiro atoms. The zero-order valence-corrected chi connectivity index (χ0v) is 12.7. The number of hydrogen-bond acceptors (Lipinski definition) is 3. The Hall–Kier alpha value is -0.610. The molecule has 1 fully saturated rings. The number of nitrogens with one attached hydrogen (secondary N) is 1. The van der Waals surface area contributed by atoms with Gasteiger partial charge in [0.2, 0.25) is 5.91 Å². The quantitative estimate of drug-likeness (QED) is 0.696. The van der Waals surface area contributed by atoms with E-state index < -0.39 is 5.54 Å². The summed E-state index contributed by atoms with van der Waals surface area (Å²) in [5, 5.41) is 2.96. The molecular formula is C15H30N2O2. The highest BCUT2D eigenvalue weighted by Gasteiger charge is 2.37. The second kappa shape index (κ2) is 7.85. The summed E-state index contributed by atoms with van der Waals surface area (Å²) in [6.45, 7) is 8.57. The van der Waals surface area contributed by atoms with E-state index in [1.165, 1.54) is 6.42 Å². The van der Waals surface area contributed by atoms with Gasteiger partial charge < -0.3 is 15.8 Å². The Balaban J connectivity index is 2.16. The van der Waals surface area contributed by atoms with E-state index >= 15 is 0 Å². The Morgan fingerprint density at radius 1 is 1.53 bits per heavy atom. The summed E-state index contributed by atoms with van der Waals surface area (Å²) >= 11 is 0. The fraction of sp³-hybridized carbons (Fsp3) is 0.933. The van der Waals surface area contributed by atoms with Crippen molar-refractivity contribution in [1.82, 2.24) is 5.32 Å². The van der Waals surface area contributed by atoms with Crippen LogP contribution in [0.3, 0.4) is 0 Å². The third kappa shape index (κ3) is 5.91. The van der Waals surface area contributed by atoms with Crippen LogP contribution in [0, 0.1) is 11.8 Å². The molecule has 1 aliphatic rings. The van der Waals surface area contributed by atoms with Crippen molar-refractivity contribution in [2.24, 2.45) is 17.6 Å². The molecule has 0 aliphatic heterocycles. The van der Waals surface area contributed by atoms with Crippen molar-refractivity contribution in [1.29, 1.82) is 0 Å². The van der Waals surface area contributed by atoms with Crippen LogP contribution in [0.5, 0.6) is 0 Å². The number of rotatable bonds is 7. The molecular weight excluding hydrogens is 240 g/mol. The largest absolute Gasteiger partial charge is 0.381 e. The fourth-order valence-electron chi connectivity index (χ4n) is 2.67. The normalized spacial score (nSPS) is 27.5. The van der Waals surface area contributed by atoms with E-state index in [1.54, 1.807) is 0 Å². The first-order chi connectivity index (χ1) is 8.94. The first kappa shape index (κ1) is 16.4. The predicted molar refractivity (Wildman–Crippen MR) is 77.8 cm³/mol. The molecule has 0 bridgehead atoms. The van der Waals surface area contributed by atoms with Crippen molar-refractivity contribution in [3.8, 4) is 0 Å². The van der Waals surface area contributed by atoms with Crippen LogP contribution in [0.2, 0.25) is 0 Å². The van der Waals surface area contributed by atoms with Crippen LogP contribution < -0.4 is 11.1 Å². The summed E-state index contributed by atoms with van der Waals surface area (Å²) < 4.78 is 5.48. The number of nitrogens with two attached hydrogens (primary N) is 1. The molecule has 3 N–H and O–H groups in total. The average molecular weight is 270 g/mol. The standard InChI is InChI=1S/C15H30N2O2/c1-12(2)11-19-9-5-8-17-14(18)15(16)7-4-6-13(3)10-15/h12-13H,4-11,16H2,1-3H3,(H,17,18). The van der Waals surface area contributed by atoms with Crippen molar-refractivity contribution in [2.45, 2.75) is 58.4 Å². The summed E-state index contributed by atoms with van der Waals surface area (Å²) in [4.78, 5) is 12.1. The lowest BCUT2D eigenvalue weighted by Crippen LogP contribution is -2.56. The minimum absolute atomic E-state index is 0.0166. The fourth-order valence-corrected chi connectivity index (χ4v) is 2.67. The average Bonchev–Trinajstić information content (AvgIpc) is 2.32. The summed E-state index contributed by atoms with van der Waals surface area (Å²) in [6, 6.07) is 0. The first-order valence-corrected chi connectivity index (χ1v) is 7.59. The van der Waals surface area contributed by atoms with Crippen molar-refractivity contribution in [3.63, 3.8) is 0 Å². The topological polar surface area (TPSA) is 64.3 Å². The Morgan fingerprint density at radius 2 is 2.26 bits per heavy atom. The van der Waals surface area contributed by atoms with Crippen LogP contribution in [0.4, 0.5) is 0 Å². The Bertz CT molecular complexity index is 281. The lowest BCUT2D eigenvalue weighted by atomic mass is 9.76. The molecule has 0 radical (unpaired) electrons. The van der Waals surface area contributed by atoms with Crippen molar-refractivity contribution < 1.29 is 9.53 Å². The van der Waals surface area contributed by atoms with Gasteiger partial charge in [-0.2, -0.15) is 0 Å². The van der Waals surface area contributed by atoms with E-state index in [-0.39, 0.29) is 5.91 Å². The number of hydrogen-bond donors (Lipinski definition) is 2. The maximum absolute atomic E-state index is 12.1. The van der Waals surface area contributed by atoms with E-state index in [1.807, 2.05) is 0 Å². The third-order valence-electron chi connectivity index (χ3n) is 3.69. The maximum atomic E-state index is 12.1. The second-order valence-corrected chi connectivity index (χ2v) is 6.44. The molecule has 0 heterocycles. The van der Waals surface area contributed by atoms with Crippen LogP contribution in [-0.4, -0.2) is 31.2 Å².